The summed E-state index contributed by atoms with van der Waals surface area (Å²) in [7, 11) is 1.78. The molecule has 5 amide bonds. The van der Waals surface area contributed by atoms with Crippen LogP contribution in [0.15, 0.2) is 65.8 Å². The maximum Gasteiger partial charge on any atom is 0.322 e. The molecule has 0 radical (unpaired) electrons. The van der Waals surface area contributed by atoms with E-state index in [1.807, 2.05) is 46.7 Å². The quantitative estimate of drug-likeness (QED) is 0.115. The Morgan fingerprint density at radius 2 is 1.64 bits per heavy atom. The van der Waals surface area contributed by atoms with Gasteiger partial charge in [0.15, 0.2) is 5.82 Å². The number of carbonyl (C=O) groups is 6. The number of carboxylic acid groups (broad SMARTS) is 1. The second kappa shape index (κ2) is 20.7. The molecule has 0 bridgehead atoms. The third-order valence-electron chi connectivity index (χ3n) is 17.0. The molecule has 4 aliphatic heterocycles. The minimum Gasteiger partial charge on any atom is -0.480 e. The second-order valence-electron chi connectivity index (χ2n) is 21.7. The van der Waals surface area contributed by atoms with Crippen molar-refractivity contribution in [3.8, 4) is 16.1 Å². The van der Waals surface area contributed by atoms with Gasteiger partial charge in [0.1, 0.15) is 47.4 Å². The molecular formula is C57H59ClFN13O7S. The van der Waals surface area contributed by atoms with Gasteiger partial charge < -0.3 is 30.4 Å². The Labute approximate surface area is 467 Å². The number of aliphatic imine (C=N–C) groups is 1. The number of piperidine rings is 2. The summed E-state index contributed by atoms with van der Waals surface area (Å²) < 4.78 is 21.4. The highest BCUT2D eigenvalue weighted by molar-refractivity contribution is 7.15. The molecule has 1 saturated carbocycles. The Morgan fingerprint density at radius 3 is 2.41 bits per heavy atom. The van der Waals surface area contributed by atoms with Crippen molar-refractivity contribution in [3.05, 3.63) is 111 Å². The molecule has 0 spiro atoms. The normalized spacial score (nSPS) is 20.8. The van der Waals surface area contributed by atoms with Gasteiger partial charge in [-0.3, -0.25) is 47.7 Å². The number of benzene rings is 3. The zero-order valence-corrected chi connectivity index (χ0v) is 46.2. The van der Waals surface area contributed by atoms with Crippen LogP contribution < -0.4 is 10.6 Å². The Bertz CT molecular complexity index is 3750. The number of amides is 5. The summed E-state index contributed by atoms with van der Waals surface area (Å²) in [5.74, 6) is -2.41. The highest BCUT2D eigenvalue weighted by Gasteiger charge is 2.68. The summed E-state index contributed by atoms with van der Waals surface area (Å²) in [6, 6.07) is 14.7. The number of halogens is 2. The van der Waals surface area contributed by atoms with Crippen LogP contribution in [0.5, 0.6) is 0 Å². The second-order valence-corrected chi connectivity index (χ2v) is 23.4. The molecule has 414 valence electrons. The smallest absolute Gasteiger partial charge is 0.322 e. The van der Waals surface area contributed by atoms with Crippen LogP contribution in [0, 0.1) is 32.5 Å². The predicted octanol–water partition coefficient (Wildman–Crippen LogP) is 6.33. The van der Waals surface area contributed by atoms with E-state index in [1.165, 1.54) is 10.7 Å². The molecule has 80 heavy (non-hydrogen) atoms. The molecule has 7 aromatic rings. The summed E-state index contributed by atoms with van der Waals surface area (Å²) in [6.07, 6.45) is 5.77. The third-order valence-corrected chi connectivity index (χ3v) is 18.4. The number of thiophene rings is 1. The van der Waals surface area contributed by atoms with Crippen LogP contribution in [0.2, 0.25) is 5.02 Å². The molecule has 4 aromatic heterocycles. The number of fused-ring (bicyclic) bond motifs is 6. The van der Waals surface area contributed by atoms with Crippen LogP contribution in [-0.4, -0.2) is 146 Å². The summed E-state index contributed by atoms with van der Waals surface area (Å²) in [4.78, 5) is 93.5. The maximum absolute atomic E-state index is 16.2. The number of aliphatic carboxylic acids is 1. The fourth-order valence-electron chi connectivity index (χ4n) is 12.8. The van der Waals surface area contributed by atoms with E-state index in [4.69, 9.17) is 26.8 Å². The highest BCUT2D eigenvalue weighted by Crippen LogP contribution is 2.56. The first kappa shape index (κ1) is 52.8. The lowest BCUT2D eigenvalue weighted by Gasteiger charge is -2.42. The number of carboxylic acids is 1. The van der Waals surface area contributed by atoms with E-state index in [9.17, 15) is 19.2 Å². The van der Waals surface area contributed by atoms with Gasteiger partial charge in [0.25, 0.3) is 0 Å². The molecule has 23 heteroatoms. The molecule has 3 aromatic carbocycles. The number of aromatic nitrogens is 7. The van der Waals surface area contributed by atoms with Crippen molar-refractivity contribution in [3.63, 3.8) is 0 Å². The molecule has 20 nitrogen and oxygen atoms in total. The van der Waals surface area contributed by atoms with Crippen molar-refractivity contribution in [2.24, 2.45) is 18.0 Å². The fraction of sp³-hybridized carbons (Fsp3) is 0.421. The van der Waals surface area contributed by atoms with Gasteiger partial charge >= 0.3 is 5.97 Å². The SMILES string of the molecule is Cc1sc2c(c1C)C(c1ccc(Cl)cc1)=N[C@@H](CC(=O)N1CCC[C@H]1C(=O)N1CCC[C@@H]3C[C@@]31C(=O)N1CCC(c3nn(CC(=O)NCC(=O)NCC(=O)O)c4cccc(-c5cc6c(cnn6C)cc5F)c34)CC1)c1nnc(C)n1-2. The summed E-state index contributed by atoms with van der Waals surface area (Å²) in [5.41, 5.74) is 5.42. The van der Waals surface area contributed by atoms with Crippen LogP contribution in [0.25, 0.3) is 37.9 Å². The number of carbonyl (C=O) groups excluding carboxylic acids is 5. The fourth-order valence-corrected chi connectivity index (χ4v) is 14.1. The van der Waals surface area contributed by atoms with E-state index < -0.39 is 54.3 Å². The predicted molar refractivity (Wildman–Crippen MR) is 296 cm³/mol. The minimum absolute atomic E-state index is 0.00564. The van der Waals surface area contributed by atoms with Crippen molar-refractivity contribution in [2.75, 3.05) is 39.3 Å². The average molecular weight is 1120 g/mol. The van der Waals surface area contributed by atoms with Gasteiger partial charge in [-0.2, -0.15) is 10.2 Å². The van der Waals surface area contributed by atoms with E-state index in [2.05, 4.69) is 39.8 Å². The maximum atomic E-state index is 16.2. The Balaban J connectivity index is 0.784. The number of aryl methyl sites for hydroxylation is 3. The van der Waals surface area contributed by atoms with E-state index >= 15 is 14.0 Å². The van der Waals surface area contributed by atoms with Crippen molar-refractivity contribution < 1.29 is 38.3 Å². The number of nitrogens with zero attached hydrogens (tertiary/aromatic N) is 11. The molecule has 5 aliphatic rings. The number of nitrogens with one attached hydrogen (secondary N) is 2. The summed E-state index contributed by atoms with van der Waals surface area (Å²) >= 11 is 7.98. The van der Waals surface area contributed by atoms with Crippen molar-refractivity contribution in [1.29, 1.82) is 0 Å². The molecule has 0 unspecified atom stereocenters. The van der Waals surface area contributed by atoms with E-state index in [-0.39, 0.29) is 42.5 Å². The first-order valence-electron chi connectivity index (χ1n) is 27.1. The Morgan fingerprint density at radius 1 is 0.875 bits per heavy atom. The molecule has 4 atom stereocenters. The lowest BCUT2D eigenvalue weighted by molar-refractivity contribution is -0.155. The molecule has 3 N–H and O–H groups in total. The molecule has 8 heterocycles. The zero-order valence-electron chi connectivity index (χ0n) is 44.7. The summed E-state index contributed by atoms with van der Waals surface area (Å²) in [5, 5.41) is 35.0. The Kier molecular flexibility index (Phi) is 13.6. The van der Waals surface area contributed by atoms with Crippen LogP contribution in [0.4, 0.5) is 4.39 Å². The molecular weight excluding hydrogens is 1070 g/mol. The van der Waals surface area contributed by atoms with Gasteiger partial charge in [0.2, 0.25) is 29.5 Å². The minimum atomic E-state index is -1.22. The largest absolute Gasteiger partial charge is 0.480 e. The van der Waals surface area contributed by atoms with Crippen molar-refractivity contribution in [1.82, 2.24) is 59.7 Å². The van der Waals surface area contributed by atoms with Crippen LogP contribution in [0.1, 0.15) is 102 Å². The van der Waals surface area contributed by atoms with Gasteiger partial charge in [0.05, 0.1) is 41.6 Å². The van der Waals surface area contributed by atoms with E-state index in [0.29, 0.717) is 108 Å². The Hall–Kier alpha value is -7.85. The topological polar surface area (TPSA) is 235 Å². The standard InChI is InChI=1S/C57H59ClFN13O7S/c1-30-31(2)80-55-49(30)51(33-12-14-37(58)15-13-33)63-41(53-65-64-32(3)72(53)55)24-47(75)69-18-7-11-43(69)54(78)70-19-6-8-36-25-57(36,70)56(79)68-20-16-34(17-21-68)52-50-38(39-23-44-35(22-40(39)59)26-62-67(44)4)9-5-10-42(50)71(66-52)29-46(74)60-27-45(73)61-28-48(76)77/h5,9-10,12-15,22-23,26,34,36,41,43H,6-8,11,16-21,24-25,27-29H2,1-4H3,(H,60,74)(H,61,73)(H,76,77)/t36-,41+,43+,57+/m1/s1. The van der Waals surface area contributed by atoms with Crippen LogP contribution >= 0.6 is 22.9 Å². The monoisotopic (exact) mass is 1120 g/mol. The molecule has 1 aliphatic carbocycles. The first-order valence-corrected chi connectivity index (χ1v) is 28.3. The van der Waals surface area contributed by atoms with E-state index in [1.54, 1.807) is 57.3 Å². The van der Waals surface area contributed by atoms with Gasteiger partial charge in [-0.1, -0.05) is 35.9 Å². The van der Waals surface area contributed by atoms with Gasteiger partial charge in [-0.25, -0.2) is 4.39 Å². The van der Waals surface area contributed by atoms with Crippen molar-refractivity contribution in [2.45, 2.75) is 102 Å². The summed E-state index contributed by atoms with van der Waals surface area (Å²) in [6.45, 7) is 6.25. The highest BCUT2D eigenvalue weighted by atomic mass is 35.5. The number of rotatable bonds is 13. The lowest BCUT2D eigenvalue weighted by atomic mass is 9.88. The number of hydrogen-bond donors (Lipinski definition) is 3. The van der Waals surface area contributed by atoms with Gasteiger partial charge in [-0.05, 0) is 113 Å². The molecule has 12 rings (SSSR count). The van der Waals surface area contributed by atoms with Gasteiger partial charge in [0, 0.05) is 76.5 Å². The van der Waals surface area contributed by atoms with E-state index in [0.717, 1.165) is 50.6 Å². The number of likely N-dealkylation sites (tertiary alicyclic amines) is 3. The average Bonchev–Trinajstić information content (AvgIpc) is 3.94. The van der Waals surface area contributed by atoms with Crippen LogP contribution in [-0.2, 0) is 42.4 Å². The third kappa shape index (κ3) is 9.18. The first-order chi connectivity index (χ1) is 38.5. The lowest BCUT2D eigenvalue weighted by Crippen LogP contribution is -2.60. The van der Waals surface area contributed by atoms with Crippen LogP contribution in [0.3, 0.4) is 0 Å². The zero-order chi connectivity index (χ0) is 55.9. The number of hydrogen-bond acceptors (Lipinski definition) is 12. The molecule has 4 fully saturated rings. The molecule has 3 saturated heterocycles. The van der Waals surface area contributed by atoms with Crippen molar-refractivity contribution >= 4 is 86.0 Å². The van der Waals surface area contributed by atoms with Gasteiger partial charge in [-0.15, -0.1) is 21.5 Å².